The van der Waals surface area contributed by atoms with Gasteiger partial charge in [-0.05, 0) is 42.8 Å². The van der Waals surface area contributed by atoms with E-state index in [1.54, 1.807) is 7.11 Å². The standard InChI is InChI=1S/C13H18N2OS/c1-15(13(17)14-11-6-7-11)9-10-4-3-5-12(8-10)16-2/h3-5,8,11H,6-7,9H2,1-2H3,(H,14,17). The maximum absolute atomic E-state index is 5.34. The fourth-order valence-corrected chi connectivity index (χ4v) is 1.86. The maximum Gasteiger partial charge on any atom is 0.169 e. The van der Waals surface area contributed by atoms with Gasteiger partial charge in [-0.3, -0.25) is 0 Å². The lowest BCUT2D eigenvalue weighted by Crippen LogP contribution is -2.37. The topological polar surface area (TPSA) is 24.5 Å². The van der Waals surface area contributed by atoms with Gasteiger partial charge in [0.25, 0.3) is 0 Å². The smallest absolute Gasteiger partial charge is 0.169 e. The molecule has 0 spiro atoms. The van der Waals surface area contributed by atoms with Crippen LogP contribution in [0.5, 0.6) is 5.75 Å². The van der Waals surface area contributed by atoms with E-state index < -0.39 is 0 Å². The molecule has 1 N–H and O–H groups in total. The highest BCUT2D eigenvalue weighted by molar-refractivity contribution is 7.80. The molecule has 3 nitrogen and oxygen atoms in total. The second-order valence-corrected chi connectivity index (χ2v) is 4.82. The number of thiocarbonyl (C=S) groups is 1. The Hall–Kier alpha value is -1.29. The van der Waals surface area contributed by atoms with E-state index in [2.05, 4.69) is 16.3 Å². The Morgan fingerprint density at radius 2 is 2.29 bits per heavy atom. The van der Waals surface area contributed by atoms with Gasteiger partial charge in [0.1, 0.15) is 5.75 Å². The molecule has 0 saturated heterocycles. The van der Waals surface area contributed by atoms with E-state index in [0.29, 0.717) is 6.04 Å². The summed E-state index contributed by atoms with van der Waals surface area (Å²) in [4.78, 5) is 2.06. The zero-order valence-corrected chi connectivity index (χ0v) is 11.1. The zero-order chi connectivity index (χ0) is 12.3. The molecule has 1 aromatic carbocycles. The third-order valence-electron chi connectivity index (χ3n) is 2.81. The van der Waals surface area contributed by atoms with E-state index in [-0.39, 0.29) is 0 Å². The molecule has 17 heavy (non-hydrogen) atoms. The van der Waals surface area contributed by atoms with Crippen LogP contribution in [0.15, 0.2) is 24.3 Å². The van der Waals surface area contributed by atoms with Crippen molar-refractivity contribution in [2.75, 3.05) is 14.2 Å². The fraction of sp³-hybridized carbons (Fsp3) is 0.462. The fourth-order valence-electron chi connectivity index (χ4n) is 1.63. The van der Waals surface area contributed by atoms with E-state index >= 15 is 0 Å². The molecule has 2 rings (SSSR count). The molecule has 0 bridgehead atoms. The van der Waals surface area contributed by atoms with Gasteiger partial charge in [0.15, 0.2) is 5.11 Å². The quantitative estimate of drug-likeness (QED) is 0.828. The van der Waals surface area contributed by atoms with Crippen LogP contribution in [0.2, 0.25) is 0 Å². The molecule has 0 aliphatic heterocycles. The SMILES string of the molecule is COc1cccc(CN(C)C(=S)NC2CC2)c1. The molecule has 0 atom stereocenters. The Morgan fingerprint density at radius 3 is 2.94 bits per heavy atom. The number of hydrogen-bond donors (Lipinski definition) is 1. The molecular weight excluding hydrogens is 232 g/mol. The summed E-state index contributed by atoms with van der Waals surface area (Å²) in [7, 11) is 3.69. The molecule has 1 aliphatic rings. The molecule has 1 saturated carbocycles. The van der Waals surface area contributed by atoms with Crippen LogP contribution in [0.4, 0.5) is 0 Å². The number of nitrogens with one attached hydrogen (secondary N) is 1. The number of methoxy groups -OCH3 is 1. The molecule has 0 radical (unpaired) electrons. The average molecular weight is 250 g/mol. The van der Waals surface area contributed by atoms with Crippen LogP contribution < -0.4 is 10.1 Å². The summed E-state index contributed by atoms with van der Waals surface area (Å²) in [5, 5.41) is 4.16. The summed E-state index contributed by atoms with van der Waals surface area (Å²) in [6, 6.07) is 8.67. The van der Waals surface area contributed by atoms with Gasteiger partial charge in [0, 0.05) is 19.6 Å². The van der Waals surface area contributed by atoms with Crippen molar-refractivity contribution in [2.45, 2.75) is 25.4 Å². The molecule has 0 amide bonds. The second-order valence-electron chi connectivity index (χ2n) is 4.43. The average Bonchev–Trinajstić information content (AvgIpc) is 3.13. The van der Waals surface area contributed by atoms with Gasteiger partial charge < -0.3 is 15.0 Å². The van der Waals surface area contributed by atoms with Crippen LogP contribution in [0.25, 0.3) is 0 Å². The normalized spacial score (nSPS) is 14.2. The van der Waals surface area contributed by atoms with E-state index in [9.17, 15) is 0 Å². The van der Waals surface area contributed by atoms with Gasteiger partial charge in [0.05, 0.1) is 7.11 Å². The molecule has 1 aliphatic carbocycles. The van der Waals surface area contributed by atoms with Crippen molar-refractivity contribution in [1.82, 2.24) is 10.2 Å². The lowest BCUT2D eigenvalue weighted by molar-refractivity contribution is 0.412. The molecule has 0 aromatic heterocycles. The lowest BCUT2D eigenvalue weighted by atomic mass is 10.2. The first-order chi connectivity index (χ1) is 8.19. The number of hydrogen-bond acceptors (Lipinski definition) is 2. The summed E-state index contributed by atoms with van der Waals surface area (Å²) < 4.78 is 5.20. The number of ether oxygens (including phenoxy) is 1. The van der Waals surface area contributed by atoms with Crippen molar-refractivity contribution < 1.29 is 4.74 Å². The van der Waals surface area contributed by atoms with Gasteiger partial charge in [-0.25, -0.2) is 0 Å². The minimum Gasteiger partial charge on any atom is -0.497 e. The van der Waals surface area contributed by atoms with Gasteiger partial charge in [-0.15, -0.1) is 0 Å². The monoisotopic (exact) mass is 250 g/mol. The van der Waals surface area contributed by atoms with Crippen LogP contribution in [0.1, 0.15) is 18.4 Å². The van der Waals surface area contributed by atoms with Crippen molar-refractivity contribution in [3.05, 3.63) is 29.8 Å². The van der Waals surface area contributed by atoms with Crippen molar-refractivity contribution in [2.24, 2.45) is 0 Å². The molecule has 0 unspecified atom stereocenters. The Kier molecular flexibility index (Phi) is 3.84. The Morgan fingerprint density at radius 1 is 1.53 bits per heavy atom. The van der Waals surface area contributed by atoms with Gasteiger partial charge in [-0.1, -0.05) is 12.1 Å². The molecule has 1 fully saturated rings. The van der Waals surface area contributed by atoms with Crippen LogP contribution >= 0.6 is 12.2 Å². The Bertz CT molecular complexity index is 404. The predicted octanol–water partition coefficient (Wildman–Crippen LogP) is 2.16. The first-order valence-electron chi connectivity index (χ1n) is 5.83. The highest BCUT2D eigenvalue weighted by Gasteiger charge is 2.22. The summed E-state index contributed by atoms with van der Waals surface area (Å²) >= 11 is 5.34. The van der Waals surface area contributed by atoms with Gasteiger partial charge in [-0.2, -0.15) is 0 Å². The summed E-state index contributed by atoms with van der Waals surface area (Å²) in [5.74, 6) is 0.886. The van der Waals surface area contributed by atoms with E-state index in [1.165, 1.54) is 18.4 Å². The molecule has 0 heterocycles. The Balaban J connectivity index is 1.91. The first kappa shape index (κ1) is 12.2. The van der Waals surface area contributed by atoms with Crippen LogP contribution in [-0.4, -0.2) is 30.2 Å². The van der Waals surface area contributed by atoms with Crippen molar-refractivity contribution in [3.8, 4) is 5.75 Å². The van der Waals surface area contributed by atoms with Crippen molar-refractivity contribution >= 4 is 17.3 Å². The van der Waals surface area contributed by atoms with E-state index in [1.807, 2.05) is 25.2 Å². The molecular formula is C13H18N2OS. The number of benzene rings is 1. The molecule has 4 heteroatoms. The predicted molar refractivity (Wildman–Crippen MR) is 73.2 cm³/mol. The third kappa shape index (κ3) is 3.60. The van der Waals surface area contributed by atoms with Crippen molar-refractivity contribution in [1.29, 1.82) is 0 Å². The van der Waals surface area contributed by atoms with E-state index in [4.69, 9.17) is 17.0 Å². The largest absolute Gasteiger partial charge is 0.497 e. The van der Waals surface area contributed by atoms with Crippen LogP contribution in [0, 0.1) is 0 Å². The van der Waals surface area contributed by atoms with Crippen LogP contribution in [-0.2, 0) is 6.54 Å². The highest BCUT2D eigenvalue weighted by atomic mass is 32.1. The molecule has 1 aromatic rings. The summed E-state index contributed by atoms with van der Waals surface area (Å²) in [6.45, 7) is 0.801. The molecule has 92 valence electrons. The first-order valence-corrected chi connectivity index (χ1v) is 6.24. The number of nitrogens with zero attached hydrogens (tertiary/aromatic N) is 1. The third-order valence-corrected chi connectivity index (χ3v) is 3.24. The zero-order valence-electron chi connectivity index (χ0n) is 10.3. The van der Waals surface area contributed by atoms with E-state index in [0.717, 1.165) is 17.4 Å². The minimum atomic E-state index is 0.607. The van der Waals surface area contributed by atoms with Gasteiger partial charge >= 0.3 is 0 Å². The second kappa shape index (κ2) is 5.36. The van der Waals surface area contributed by atoms with Gasteiger partial charge in [0.2, 0.25) is 0 Å². The van der Waals surface area contributed by atoms with Crippen LogP contribution in [0.3, 0.4) is 0 Å². The Labute approximate surface area is 108 Å². The lowest BCUT2D eigenvalue weighted by Gasteiger charge is -2.21. The van der Waals surface area contributed by atoms with Crippen molar-refractivity contribution in [3.63, 3.8) is 0 Å². The summed E-state index contributed by atoms with van der Waals surface area (Å²) in [5.41, 5.74) is 1.20. The maximum atomic E-state index is 5.34. The minimum absolute atomic E-state index is 0.607. The summed E-state index contributed by atoms with van der Waals surface area (Å²) in [6.07, 6.45) is 2.49. The highest BCUT2D eigenvalue weighted by Crippen LogP contribution is 2.19. The number of rotatable bonds is 4.